The van der Waals surface area contributed by atoms with Crippen LogP contribution in [0.5, 0.6) is 0 Å². The number of fused-ring (bicyclic) bond motifs is 1. The highest BCUT2D eigenvalue weighted by Crippen LogP contribution is 2.34. The van der Waals surface area contributed by atoms with Crippen LogP contribution in [0.1, 0.15) is 5.56 Å². The molecule has 0 bridgehead atoms. The Morgan fingerprint density at radius 3 is 2.59 bits per heavy atom. The normalized spacial score (nSPS) is 10.3. The molecule has 80 valence electrons. The predicted octanol–water partition coefficient (Wildman–Crippen LogP) is 4.44. The molecule has 1 heterocycles. The Morgan fingerprint density at radius 1 is 1.00 bits per heavy atom. The van der Waals surface area contributed by atoms with E-state index >= 15 is 0 Å². The number of nitriles is 1. The zero-order valence-corrected chi connectivity index (χ0v) is 9.87. The van der Waals surface area contributed by atoms with Gasteiger partial charge in [0.05, 0.1) is 11.6 Å². The first kappa shape index (κ1) is 10.1. The summed E-state index contributed by atoms with van der Waals surface area (Å²) in [4.78, 5) is 0. The summed E-state index contributed by atoms with van der Waals surface area (Å²) >= 11 is 1.72. The molecule has 0 saturated heterocycles. The van der Waals surface area contributed by atoms with Gasteiger partial charge in [-0.3, -0.25) is 0 Å². The Labute approximate surface area is 104 Å². The molecule has 0 radical (unpaired) electrons. The van der Waals surface area contributed by atoms with Gasteiger partial charge in [0, 0.05) is 15.6 Å². The number of hydrogen-bond acceptors (Lipinski definition) is 2. The zero-order chi connectivity index (χ0) is 11.7. The number of nitrogens with zero attached hydrogens (tertiary/aromatic N) is 1. The molecule has 2 aromatic carbocycles. The first-order valence-electron chi connectivity index (χ1n) is 5.35. The quantitative estimate of drug-likeness (QED) is 0.611. The monoisotopic (exact) mass is 235 g/mol. The minimum Gasteiger partial charge on any atom is -0.192 e. The minimum absolute atomic E-state index is 0.716. The molecular weight excluding hydrogens is 226 g/mol. The molecule has 0 amide bonds. The van der Waals surface area contributed by atoms with Crippen LogP contribution < -0.4 is 0 Å². The second-order valence-electron chi connectivity index (χ2n) is 3.84. The summed E-state index contributed by atoms with van der Waals surface area (Å²) in [6, 6.07) is 18.3. The van der Waals surface area contributed by atoms with Gasteiger partial charge in [-0.15, -0.1) is 11.3 Å². The highest BCUT2D eigenvalue weighted by atomic mass is 32.1. The van der Waals surface area contributed by atoms with Crippen molar-refractivity contribution in [3.8, 4) is 17.2 Å². The third-order valence-corrected chi connectivity index (χ3v) is 3.75. The van der Waals surface area contributed by atoms with Crippen molar-refractivity contribution in [3.63, 3.8) is 0 Å². The molecule has 0 N–H and O–H groups in total. The average molecular weight is 235 g/mol. The van der Waals surface area contributed by atoms with Gasteiger partial charge >= 0.3 is 0 Å². The molecule has 0 saturated carbocycles. The first-order valence-corrected chi connectivity index (χ1v) is 6.23. The molecule has 3 aromatic rings. The van der Waals surface area contributed by atoms with E-state index in [2.05, 4.69) is 23.6 Å². The molecule has 0 aliphatic heterocycles. The molecule has 0 fully saturated rings. The van der Waals surface area contributed by atoms with Gasteiger partial charge in [-0.2, -0.15) is 5.26 Å². The summed E-state index contributed by atoms with van der Waals surface area (Å²) in [6.45, 7) is 0. The number of rotatable bonds is 1. The maximum atomic E-state index is 8.95. The van der Waals surface area contributed by atoms with Crippen molar-refractivity contribution in [1.82, 2.24) is 0 Å². The van der Waals surface area contributed by atoms with Crippen molar-refractivity contribution in [2.45, 2.75) is 0 Å². The van der Waals surface area contributed by atoms with Gasteiger partial charge in [-0.05, 0) is 29.1 Å². The van der Waals surface area contributed by atoms with E-state index in [0.29, 0.717) is 5.56 Å². The molecule has 0 spiro atoms. The van der Waals surface area contributed by atoms with Crippen LogP contribution in [0.3, 0.4) is 0 Å². The van der Waals surface area contributed by atoms with E-state index in [1.165, 1.54) is 21.2 Å². The van der Waals surface area contributed by atoms with Crippen molar-refractivity contribution in [2.75, 3.05) is 0 Å². The molecule has 17 heavy (non-hydrogen) atoms. The van der Waals surface area contributed by atoms with E-state index in [1.807, 2.05) is 36.4 Å². The summed E-state index contributed by atoms with van der Waals surface area (Å²) in [5, 5.41) is 12.3. The second-order valence-corrected chi connectivity index (χ2v) is 4.75. The first-order chi connectivity index (χ1) is 8.38. The molecule has 0 aliphatic carbocycles. The van der Waals surface area contributed by atoms with Crippen LogP contribution in [0, 0.1) is 11.3 Å². The van der Waals surface area contributed by atoms with E-state index in [-0.39, 0.29) is 0 Å². The van der Waals surface area contributed by atoms with Crippen molar-refractivity contribution >= 4 is 21.4 Å². The van der Waals surface area contributed by atoms with Crippen molar-refractivity contribution in [1.29, 1.82) is 5.26 Å². The summed E-state index contributed by atoms with van der Waals surface area (Å²) in [6.07, 6.45) is 0. The standard InChI is InChI=1S/C15H9NS/c16-9-11-6-7-15-13(8-11)14(10-17-15)12-4-2-1-3-5-12/h1-8,10H. The summed E-state index contributed by atoms with van der Waals surface area (Å²) < 4.78 is 1.22. The Balaban J connectivity index is 2.28. The fourth-order valence-electron chi connectivity index (χ4n) is 1.94. The second kappa shape index (κ2) is 4.04. The summed E-state index contributed by atoms with van der Waals surface area (Å²) in [7, 11) is 0. The van der Waals surface area contributed by atoms with Crippen LogP contribution in [0.2, 0.25) is 0 Å². The molecule has 1 aromatic heterocycles. The topological polar surface area (TPSA) is 23.8 Å². The Kier molecular flexibility index (Phi) is 2.40. The largest absolute Gasteiger partial charge is 0.192 e. The van der Waals surface area contributed by atoms with Crippen LogP contribution in [-0.4, -0.2) is 0 Å². The van der Waals surface area contributed by atoms with E-state index in [9.17, 15) is 0 Å². The third kappa shape index (κ3) is 1.71. The Bertz CT molecular complexity index is 705. The lowest BCUT2D eigenvalue weighted by Crippen LogP contribution is -1.76. The van der Waals surface area contributed by atoms with Gasteiger partial charge in [-0.1, -0.05) is 30.3 Å². The molecule has 1 nitrogen and oxygen atoms in total. The van der Waals surface area contributed by atoms with Gasteiger partial charge in [0.1, 0.15) is 0 Å². The molecule has 2 heteroatoms. The predicted molar refractivity (Wildman–Crippen MR) is 72.0 cm³/mol. The van der Waals surface area contributed by atoms with Crippen molar-refractivity contribution in [3.05, 3.63) is 59.5 Å². The molecule has 0 aliphatic rings. The van der Waals surface area contributed by atoms with Crippen molar-refractivity contribution in [2.24, 2.45) is 0 Å². The highest BCUT2D eigenvalue weighted by Gasteiger charge is 2.06. The summed E-state index contributed by atoms with van der Waals surface area (Å²) in [5.41, 5.74) is 3.13. The third-order valence-electron chi connectivity index (χ3n) is 2.79. The fourth-order valence-corrected chi connectivity index (χ4v) is 2.89. The molecular formula is C15H9NS. The van der Waals surface area contributed by atoms with Gasteiger partial charge in [0.15, 0.2) is 0 Å². The van der Waals surface area contributed by atoms with Crippen LogP contribution in [0.15, 0.2) is 53.9 Å². The zero-order valence-electron chi connectivity index (χ0n) is 9.05. The molecule has 0 unspecified atom stereocenters. The van der Waals surface area contributed by atoms with Crippen LogP contribution in [-0.2, 0) is 0 Å². The Hall–Kier alpha value is -2.11. The molecule has 0 atom stereocenters. The van der Waals surface area contributed by atoms with Gasteiger partial charge in [0.25, 0.3) is 0 Å². The van der Waals surface area contributed by atoms with E-state index in [1.54, 1.807) is 11.3 Å². The number of benzene rings is 2. The van der Waals surface area contributed by atoms with Crippen molar-refractivity contribution < 1.29 is 0 Å². The average Bonchev–Trinajstić information content (AvgIpc) is 2.82. The van der Waals surface area contributed by atoms with Crippen LogP contribution >= 0.6 is 11.3 Å². The van der Waals surface area contributed by atoms with E-state index in [4.69, 9.17) is 5.26 Å². The lowest BCUT2D eigenvalue weighted by molar-refractivity contribution is 1.50. The maximum Gasteiger partial charge on any atom is 0.0991 e. The van der Waals surface area contributed by atoms with Gasteiger partial charge in [-0.25, -0.2) is 0 Å². The van der Waals surface area contributed by atoms with Gasteiger partial charge in [0.2, 0.25) is 0 Å². The highest BCUT2D eigenvalue weighted by molar-refractivity contribution is 7.17. The number of thiophene rings is 1. The SMILES string of the molecule is N#Cc1ccc2scc(-c3ccccc3)c2c1. The number of hydrogen-bond donors (Lipinski definition) is 0. The fraction of sp³-hybridized carbons (Fsp3) is 0. The minimum atomic E-state index is 0.716. The van der Waals surface area contributed by atoms with E-state index in [0.717, 1.165) is 0 Å². The lowest BCUT2D eigenvalue weighted by Gasteiger charge is -1.99. The van der Waals surface area contributed by atoms with Gasteiger partial charge < -0.3 is 0 Å². The lowest BCUT2D eigenvalue weighted by atomic mass is 10.0. The van der Waals surface area contributed by atoms with E-state index < -0.39 is 0 Å². The van der Waals surface area contributed by atoms with Crippen LogP contribution in [0.4, 0.5) is 0 Å². The smallest absolute Gasteiger partial charge is 0.0991 e. The maximum absolute atomic E-state index is 8.95. The van der Waals surface area contributed by atoms with Crippen LogP contribution in [0.25, 0.3) is 21.2 Å². The molecule has 3 rings (SSSR count). The summed E-state index contributed by atoms with van der Waals surface area (Å²) in [5.74, 6) is 0. The Morgan fingerprint density at radius 2 is 1.82 bits per heavy atom.